The standard InChI is InChI=1S/C23H24ClN3O6/c1-33-19-8-7-17(24)10-15(19)9-16-12-25-20(28)13-27(22(16)31)23(32)26-18(11-21(29)30)14-5-3-2-4-6-14/h2-8,10,16,18H,9,11-13H2,1H3,(H,25,28)(H,26,32)(H,29,30). The van der Waals surface area contributed by atoms with Crippen molar-refractivity contribution in [3.8, 4) is 5.75 Å². The van der Waals surface area contributed by atoms with Gasteiger partial charge in [0.1, 0.15) is 12.3 Å². The number of methoxy groups -OCH3 is 1. The van der Waals surface area contributed by atoms with Crippen LogP contribution in [0, 0.1) is 5.92 Å². The molecule has 4 amide bonds. The quantitative estimate of drug-likeness (QED) is 0.567. The number of amides is 4. The molecule has 2 aromatic carbocycles. The lowest BCUT2D eigenvalue weighted by atomic mass is 9.97. The summed E-state index contributed by atoms with van der Waals surface area (Å²) in [6.45, 7) is -0.434. The monoisotopic (exact) mass is 473 g/mol. The van der Waals surface area contributed by atoms with Gasteiger partial charge in [-0.15, -0.1) is 0 Å². The van der Waals surface area contributed by atoms with Crippen LogP contribution in [0.4, 0.5) is 4.79 Å². The van der Waals surface area contributed by atoms with Gasteiger partial charge < -0.3 is 20.5 Å². The van der Waals surface area contributed by atoms with Crippen LogP contribution in [-0.4, -0.2) is 54.0 Å². The van der Waals surface area contributed by atoms with E-state index in [2.05, 4.69) is 10.6 Å². The van der Waals surface area contributed by atoms with E-state index in [9.17, 15) is 24.3 Å². The number of nitrogens with zero attached hydrogens (tertiary/aromatic N) is 1. The number of imide groups is 1. The van der Waals surface area contributed by atoms with Crippen LogP contribution >= 0.6 is 11.6 Å². The number of aliphatic carboxylic acids is 1. The predicted octanol–water partition coefficient (Wildman–Crippen LogP) is 2.39. The fraction of sp³-hybridized carbons (Fsp3) is 0.304. The van der Waals surface area contributed by atoms with Crippen LogP contribution in [0.25, 0.3) is 0 Å². The van der Waals surface area contributed by atoms with E-state index in [1.54, 1.807) is 48.5 Å². The normalized spacial score (nSPS) is 17.0. The number of carboxylic acids is 1. The number of hydrogen-bond acceptors (Lipinski definition) is 5. The van der Waals surface area contributed by atoms with E-state index < -0.39 is 42.3 Å². The Bertz CT molecular complexity index is 1050. The number of rotatable bonds is 7. The van der Waals surface area contributed by atoms with Gasteiger partial charge in [0, 0.05) is 11.6 Å². The molecule has 0 aromatic heterocycles. The van der Waals surface area contributed by atoms with Crippen LogP contribution in [0.15, 0.2) is 48.5 Å². The summed E-state index contributed by atoms with van der Waals surface area (Å²) in [5.74, 6) is -2.38. The lowest BCUT2D eigenvalue weighted by molar-refractivity contribution is -0.137. The first-order valence-electron chi connectivity index (χ1n) is 10.3. The third-order valence-electron chi connectivity index (χ3n) is 5.29. The zero-order chi connectivity index (χ0) is 24.0. The van der Waals surface area contributed by atoms with Gasteiger partial charge in [-0.3, -0.25) is 19.3 Å². The first kappa shape index (κ1) is 24.1. The summed E-state index contributed by atoms with van der Waals surface area (Å²) in [6, 6.07) is 11.9. The second kappa shape index (κ2) is 10.8. The summed E-state index contributed by atoms with van der Waals surface area (Å²) in [5, 5.41) is 15.0. The maximum absolute atomic E-state index is 13.2. The van der Waals surface area contributed by atoms with Gasteiger partial charge in [-0.25, -0.2) is 4.79 Å². The van der Waals surface area contributed by atoms with Crippen molar-refractivity contribution in [2.45, 2.75) is 18.9 Å². The molecule has 0 aliphatic carbocycles. The molecule has 2 unspecified atom stereocenters. The molecule has 1 aliphatic heterocycles. The Morgan fingerprint density at radius 1 is 1.24 bits per heavy atom. The molecular weight excluding hydrogens is 450 g/mol. The van der Waals surface area contributed by atoms with Gasteiger partial charge in [-0.05, 0) is 35.7 Å². The van der Waals surface area contributed by atoms with Crippen LogP contribution in [0.5, 0.6) is 5.75 Å². The highest BCUT2D eigenvalue weighted by Crippen LogP contribution is 2.26. The Balaban J connectivity index is 1.82. The van der Waals surface area contributed by atoms with Gasteiger partial charge in [0.2, 0.25) is 11.8 Å². The van der Waals surface area contributed by atoms with Gasteiger partial charge in [-0.1, -0.05) is 41.9 Å². The minimum atomic E-state index is -1.12. The first-order valence-corrected chi connectivity index (χ1v) is 10.6. The molecule has 0 saturated carbocycles. The summed E-state index contributed by atoms with van der Waals surface area (Å²) in [4.78, 5) is 50.7. The average Bonchev–Trinajstić information content (AvgIpc) is 2.92. The van der Waals surface area contributed by atoms with Crippen molar-refractivity contribution in [2.75, 3.05) is 20.2 Å². The van der Waals surface area contributed by atoms with Crippen molar-refractivity contribution in [2.24, 2.45) is 5.92 Å². The van der Waals surface area contributed by atoms with Crippen molar-refractivity contribution < 1.29 is 29.0 Å². The summed E-state index contributed by atoms with van der Waals surface area (Å²) in [6.07, 6.45) is -0.197. The smallest absolute Gasteiger partial charge is 0.325 e. The minimum absolute atomic E-state index is 0.0361. The van der Waals surface area contributed by atoms with Crippen molar-refractivity contribution in [1.29, 1.82) is 0 Å². The summed E-state index contributed by atoms with van der Waals surface area (Å²) >= 11 is 6.09. The Labute approximate surface area is 195 Å². The molecule has 0 spiro atoms. The topological polar surface area (TPSA) is 125 Å². The van der Waals surface area contributed by atoms with E-state index in [0.29, 0.717) is 21.9 Å². The zero-order valence-corrected chi connectivity index (χ0v) is 18.7. The molecule has 33 heavy (non-hydrogen) atoms. The van der Waals surface area contributed by atoms with Crippen LogP contribution < -0.4 is 15.4 Å². The van der Waals surface area contributed by atoms with E-state index in [-0.39, 0.29) is 19.4 Å². The summed E-state index contributed by atoms with van der Waals surface area (Å²) in [7, 11) is 1.50. The van der Waals surface area contributed by atoms with Gasteiger partial charge in [-0.2, -0.15) is 0 Å². The zero-order valence-electron chi connectivity index (χ0n) is 17.9. The minimum Gasteiger partial charge on any atom is -0.496 e. The fourth-order valence-electron chi connectivity index (χ4n) is 3.66. The molecular formula is C23H24ClN3O6. The van der Waals surface area contributed by atoms with Crippen LogP contribution in [0.1, 0.15) is 23.6 Å². The molecule has 1 saturated heterocycles. The van der Waals surface area contributed by atoms with Gasteiger partial charge >= 0.3 is 12.0 Å². The Hall–Kier alpha value is -3.59. The molecule has 2 aromatic rings. The average molecular weight is 474 g/mol. The molecule has 3 N–H and O–H groups in total. The van der Waals surface area contributed by atoms with E-state index in [4.69, 9.17) is 16.3 Å². The second-order valence-electron chi connectivity index (χ2n) is 7.60. The number of hydrogen-bond donors (Lipinski definition) is 3. The first-order chi connectivity index (χ1) is 15.8. The van der Waals surface area contributed by atoms with E-state index in [0.717, 1.165) is 4.90 Å². The highest BCUT2D eigenvalue weighted by atomic mass is 35.5. The molecule has 0 bridgehead atoms. The van der Waals surface area contributed by atoms with Crippen molar-refractivity contribution in [1.82, 2.24) is 15.5 Å². The third kappa shape index (κ3) is 6.23. The fourth-order valence-corrected chi connectivity index (χ4v) is 3.86. The molecule has 2 atom stereocenters. The largest absolute Gasteiger partial charge is 0.496 e. The Kier molecular flexibility index (Phi) is 7.89. The van der Waals surface area contributed by atoms with Gasteiger partial charge in [0.25, 0.3) is 0 Å². The molecule has 174 valence electrons. The molecule has 0 radical (unpaired) electrons. The number of carbonyl (C=O) groups is 4. The summed E-state index contributed by atoms with van der Waals surface area (Å²) in [5.41, 5.74) is 1.23. The number of nitrogens with one attached hydrogen (secondary N) is 2. The number of benzene rings is 2. The molecule has 9 nitrogen and oxygen atoms in total. The SMILES string of the molecule is COc1ccc(Cl)cc1CC1CNC(=O)CN(C(=O)NC(CC(=O)O)c2ccccc2)C1=O. The molecule has 1 heterocycles. The predicted molar refractivity (Wildman–Crippen MR) is 120 cm³/mol. The van der Waals surface area contributed by atoms with Crippen LogP contribution in [0.2, 0.25) is 5.02 Å². The molecule has 10 heteroatoms. The highest BCUT2D eigenvalue weighted by molar-refractivity contribution is 6.30. The molecule has 1 fully saturated rings. The lowest BCUT2D eigenvalue weighted by Gasteiger charge is -2.25. The highest BCUT2D eigenvalue weighted by Gasteiger charge is 2.35. The second-order valence-corrected chi connectivity index (χ2v) is 8.03. The van der Waals surface area contributed by atoms with E-state index in [1.807, 2.05) is 0 Å². The third-order valence-corrected chi connectivity index (χ3v) is 5.53. The molecule has 3 rings (SSSR count). The lowest BCUT2D eigenvalue weighted by Crippen LogP contribution is -2.48. The number of ether oxygens (including phenoxy) is 1. The maximum Gasteiger partial charge on any atom is 0.325 e. The Morgan fingerprint density at radius 2 is 1.97 bits per heavy atom. The van der Waals surface area contributed by atoms with E-state index >= 15 is 0 Å². The number of urea groups is 1. The van der Waals surface area contributed by atoms with Crippen LogP contribution in [0.3, 0.4) is 0 Å². The number of carbonyl (C=O) groups excluding carboxylic acids is 3. The van der Waals surface area contributed by atoms with Gasteiger partial charge in [0.15, 0.2) is 0 Å². The van der Waals surface area contributed by atoms with Crippen LogP contribution in [-0.2, 0) is 20.8 Å². The van der Waals surface area contributed by atoms with Crippen molar-refractivity contribution in [3.05, 3.63) is 64.7 Å². The summed E-state index contributed by atoms with van der Waals surface area (Å²) < 4.78 is 5.34. The Morgan fingerprint density at radius 3 is 2.64 bits per heavy atom. The molecule has 1 aliphatic rings. The number of halogens is 1. The maximum atomic E-state index is 13.2. The van der Waals surface area contributed by atoms with E-state index in [1.165, 1.54) is 7.11 Å². The van der Waals surface area contributed by atoms with Crippen molar-refractivity contribution in [3.63, 3.8) is 0 Å². The van der Waals surface area contributed by atoms with Gasteiger partial charge in [0.05, 0.1) is 25.5 Å². The number of carboxylic acid groups (broad SMARTS) is 1. The van der Waals surface area contributed by atoms with Crippen molar-refractivity contribution >= 4 is 35.4 Å².